The fourth-order valence-corrected chi connectivity index (χ4v) is 2.97. The average molecular weight is 341 g/mol. The van der Waals surface area contributed by atoms with Crippen LogP contribution >= 0.6 is 0 Å². The van der Waals surface area contributed by atoms with Crippen LogP contribution in [0, 0.1) is 5.92 Å². The van der Waals surface area contributed by atoms with E-state index in [0.717, 1.165) is 31.6 Å². The molecule has 3 rings (SSSR count). The van der Waals surface area contributed by atoms with Crippen molar-refractivity contribution < 1.29 is 14.3 Å². The zero-order valence-corrected chi connectivity index (χ0v) is 14.3. The van der Waals surface area contributed by atoms with Crippen LogP contribution in [0.2, 0.25) is 0 Å². The molecule has 6 nitrogen and oxygen atoms in total. The van der Waals surface area contributed by atoms with Gasteiger partial charge in [0.1, 0.15) is 0 Å². The van der Waals surface area contributed by atoms with Gasteiger partial charge in [-0.15, -0.1) is 0 Å². The highest BCUT2D eigenvalue weighted by atomic mass is 16.5. The summed E-state index contributed by atoms with van der Waals surface area (Å²) in [5.41, 5.74) is 1.71. The van der Waals surface area contributed by atoms with Crippen LogP contribution in [0.4, 0.5) is 10.5 Å². The lowest BCUT2D eigenvalue weighted by molar-refractivity contribution is 0.181. The van der Waals surface area contributed by atoms with Gasteiger partial charge in [0.15, 0.2) is 0 Å². The van der Waals surface area contributed by atoms with Crippen LogP contribution in [0.25, 0.3) is 0 Å². The van der Waals surface area contributed by atoms with Gasteiger partial charge in [-0.3, -0.25) is 0 Å². The monoisotopic (exact) mass is 341 g/mol. The number of pyridine rings is 1. The van der Waals surface area contributed by atoms with Crippen molar-refractivity contribution in [2.75, 3.05) is 25.6 Å². The molecule has 2 heterocycles. The van der Waals surface area contributed by atoms with Gasteiger partial charge in [-0.25, -0.2) is 9.78 Å². The second-order valence-corrected chi connectivity index (χ2v) is 6.12. The highest BCUT2D eigenvalue weighted by Crippen LogP contribution is 2.26. The second kappa shape index (κ2) is 8.48. The number of amides is 2. The molecule has 2 atom stereocenters. The second-order valence-electron chi connectivity index (χ2n) is 6.12. The number of aromatic nitrogens is 1. The molecule has 1 saturated heterocycles. The normalized spacial score (nSPS) is 17.7. The van der Waals surface area contributed by atoms with E-state index < -0.39 is 0 Å². The Labute approximate surface area is 147 Å². The van der Waals surface area contributed by atoms with Crippen LogP contribution < -0.4 is 15.4 Å². The number of methoxy groups -OCH3 is 1. The first-order valence-electron chi connectivity index (χ1n) is 8.45. The Balaban J connectivity index is 1.64. The van der Waals surface area contributed by atoms with E-state index in [1.165, 1.54) is 0 Å². The van der Waals surface area contributed by atoms with Gasteiger partial charge in [-0.1, -0.05) is 30.3 Å². The molecule has 25 heavy (non-hydrogen) atoms. The molecule has 2 N–H and O–H groups in total. The van der Waals surface area contributed by atoms with Crippen LogP contribution in [0.1, 0.15) is 24.4 Å². The number of hydrogen-bond acceptors (Lipinski definition) is 4. The van der Waals surface area contributed by atoms with Crippen molar-refractivity contribution in [3.05, 3.63) is 54.2 Å². The first kappa shape index (κ1) is 17.2. The zero-order chi connectivity index (χ0) is 17.5. The average Bonchev–Trinajstić information content (AvgIpc) is 3.16. The van der Waals surface area contributed by atoms with Crippen molar-refractivity contribution in [2.24, 2.45) is 5.92 Å². The Hall–Kier alpha value is -2.60. The Bertz CT molecular complexity index is 670. The summed E-state index contributed by atoms with van der Waals surface area (Å²) in [6, 6.07) is 13.2. The zero-order valence-electron chi connectivity index (χ0n) is 14.3. The predicted octanol–water partition coefficient (Wildman–Crippen LogP) is 3.38. The fraction of sp³-hybridized carbons (Fsp3) is 0.368. The summed E-state index contributed by atoms with van der Waals surface area (Å²) >= 11 is 0. The molecule has 0 radical (unpaired) electrons. The maximum absolute atomic E-state index is 12.4. The lowest BCUT2D eigenvalue weighted by Gasteiger charge is -2.22. The molecule has 2 unspecified atom stereocenters. The third-order valence-corrected chi connectivity index (χ3v) is 4.30. The Morgan fingerprint density at radius 3 is 2.80 bits per heavy atom. The topological polar surface area (TPSA) is 72.5 Å². The SMILES string of the molecule is COc1ccc(NC(=O)NC(CC2CCOC2)c2ccccc2)cn1. The maximum atomic E-state index is 12.4. The number of nitrogens with one attached hydrogen (secondary N) is 2. The van der Waals surface area contributed by atoms with Crippen LogP contribution in [-0.2, 0) is 4.74 Å². The van der Waals surface area contributed by atoms with Crippen molar-refractivity contribution in [3.63, 3.8) is 0 Å². The number of carbonyl (C=O) groups is 1. The summed E-state index contributed by atoms with van der Waals surface area (Å²) in [7, 11) is 1.55. The van der Waals surface area contributed by atoms with E-state index in [9.17, 15) is 4.79 Å². The summed E-state index contributed by atoms with van der Waals surface area (Å²) in [4.78, 5) is 16.5. The van der Waals surface area contributed by atoms with Gasteiger partial charge in [0.05, 0.1) is 25.0 Å². The fourth-order valence-electron chi connectivity index (χ4n) is 2.97. The number of carbonyl (C=O) groups excluding carboxylic acids is 1. The molecule has 0 bridgehead atoms. The molecule has 1 aromatic heterocycles. The quantitative estimate of drug-likeness (QED) is 0.845. The molecule has 6 heteroatoms. The lowest BCUT2D eigenvalue weighted by atomic mass is 9.94. The lowest BCUT2D eigenvalue weighted by Crippen LogP contribution is -2.33. The van der Waals surface area contributed by atoms with Crippen LogP contribution in [0.5, 0.6) is 5.88 Å². The Kier molecular flexibility index (Phi) is 5.85. The minimum atomic E-state index is -0.250. The minimum Gasteiger partial charge on any atom is -0.481 e. The van der Waals surface area contributed by atoms with Crippen molar-refractivity contribution in [1.29, 1.82) is 0 Å². The van der Waals surface area contributed by atoms with Crippen LogP contribution in [0.3, 0.4) is 0 Å². The molecule has 0 saturated carbocycles. The number of rotatable bonds is 6. The molecule has 1 fully saturated rings. The van der Waals surface area contributed by atoms with E-state index in [1.807, 2.05) is 30.3 Å². The first-order valence-corrected chi connectivity index (χ1v) is 8.45. The molecule has 0 aliphatic carbocycles. The van der Waals surface area contributed by atoms with E-state index in [2.05, 4.69) is 15.6 Å². The molecule has 2 amide bonds. The van der Waals surface area contributed by atoms with E-state index >= 15 is 0 Å². The van der Waals surface area contributed by atoms with E-state index in [0.29, 0.717) is 17.5 Å². The summed E-state index contributed by atoms with van der Waals surface area (Å²) in [5, 5.41) is 5.89. The van der Waals surface area contributed by atoms with Gasteiger partial charge < -0.3 is 20.1 Å². The number of benzene rings is 1. The van der Waals surface area contributed by atoms with Gasteiger partial charge in [-0.2, -0.15) is 0 Å². The highest BCUT2D eigenvalue weighted by molar-refractivity contribution is 5.89. The molecule has 1 aliphatic rings. The summed E-state index contributed by atoms with van der Waals surface area (Å²) in [5.74, 6) is 0.975. The third-order valence-electron chi connectivity index (χ3n) is 4.30. The predicted molar refractivity (Wildman–Crippen MR) is 95.7 cm³/mol. The van der Waals surface area contributed by atoms with Crippen molar-refractivity contribution >= 4 is 11.7 Å². The number of hydrogen-bond donors (Lipinski definition) is 2. The molecule has 0 spiro atoms. The highest BCUT2D eigenvalue weighted by Gasteiger charge is 2.23. The molecule has 1 aromatic carbocycles. The van der Waals surface area contributed by atoms with Gasteiger partial charge in [0.2, 0.25) is 5.88 Å². The van der Waals surface area contributed by atoms with Gasteiger partial charge in [0, 0.05) is 19.3 Å². The van der Waals surface area contributed by atoms with Crippen molar-refractivity contribution in [2.45, 2.75) is 18.9 Å². The molecular formula is C19H23N3O3. The third kappa shape index (κ3) is 4.93. The smallest absolute Gasteiger partial charge is 0.319 e. The minimum absolute atomic E-state index is 0.0564. The van der Waals surface area contributed by atoms with Crippen molar-refractivity contribution in [3.8, 4) is 5.88 Å². The molecule has 2 aromatic rings. The van der Waals surface area contributed by atoms with E-state index in [4.69, 9.17) is 9.47 Å². The van der Waals surface area contributed by atoms with Crippen LogP contribution in [-0.4, -0.2) is 31.3 Å². The maximum Gasteiger partial charge on any atom is 0.319 e. The van der Waals surface area contributed by atoms with E-state index in [1.54, 1.807) is 25.4 Å². The summed E-state index contributed by atoms with van der Waals surface area (Å²) in [6.45, 7) is 1.56. The number of ether oxygens (including phenoxy) is 2. The first-order chi connectivity index (χ1) is 12.2. The Morgan fingerprint density at radius 1 is 1.32 bits per heavy atom. The van der Waals surface area contributed by atoms with Crippen molar-refractivity contribution in [1.82, 2.24) is 10.3 Å². The summed E-state index contributed by atoms with van der Waals surface area (Å²) in [6.07, 6.45) is 3.47. The molecular weight excluding hydrogens is 318 g/mol. The number of urea groups is 1. The van der Waals surface area contributed by atoms with Gasteiger partial charge in [0.25, 0.3) is 0 Å². The number of nitrogens with zero attached hydrogens (tertiary/aromatic N) is 1. The van der Waals surface area contributed by atoms with Gasteiger partial charge >= 0.3 is 6.03 Å². The summed E-state index contributed by atoms with van der Waals surface area (Å²) < 4.78 is 10.5. The number of anilines is 1. The van der Waals surface area contributed by atoms with E-state index in [-0.39, 0.29) is 12.1 Å². The standard InChI is InChI=1S/C19H23N3O3/c1-24-18-8-7-16(12-20-18)21-19(23)22-17(11-14-9-10-25-13-14)15-5-3-2-4-6-15/h2-8,12,14,17H,9-11,13H2,1H3,(H2,21,22,23). The molecule has 1 aliphatic heterocycles. The molecule has 132 valence electrons. The van der Waals surface area contributed by atoms with Gasteiger partial charge in [-0.05, 0) is 30.4 Å². The largest absolute Gasteiger partial charge is 0.481 e. The Morgan fingerprint density at radius 2 is 2.16 bits per heavy atom. The van der Waals surface area contributed by atoms with Crippen LogP contribution in [0.15, 0.2) is 48.7 Å².